The van der Waals surface area contributed by atoms with Crippen LogP contribution in [0.15, 0.2) is 29.2 Å². The molecule has 1 aromatic rings. The first-order valence-corrected chi connectivity index (χ1v) is 13.3. The normalized spacial score (nSPS) is 27.6. The highest BCUT2D eigenvalue weighted by Crippen LogP contribution is 2.50. The average Bonchev–Trinajstić information content (AvgIpc) is 3.62. The number of amides is 1. The van der Waals surface area contributed by atoms with E-state index in [0.717, 1.165) is 69.7 Å². The topological polar surface area (TPSA) is 72.9 Å². The highest BCUT2D eigenvalue weighted by molar-refractivity contribution is 7.92. The number of benzene rings is 1. The van der Waals surface area contributed by atoms with E-state index in [1.54, 1.807) is 24.3 Å². The Morgan fingerprint density at radius 3 is 2.39 bits per heavy atom. The molecule has 0 bridgehead atoms. The quantitative estimate of drug-likeness (QED) is 0.589. The third kappa shape index (κ3) is 4.86. The van der Waals surface area contributed by atoms with Gasteiger partial charge in [-0.3, -0.25) is 0 Å². The summed E-state index contributed by atoms with van der Waals surface area (Å²) in [4.78, 5) is 14.5. The van der Waals surface area contributed by atoms with Crippen molar-refractivity contribution in [3.63, 3.8) is 0 Å². The van der Waals surface area contributed by atoms with Crippen LogP contribution in [0.5, 0.6) is 5.75 Å². The van der Waals surface area contributed by atoms with E-state index < -0.39 is 9.84 Å². The van der Waals surface area contributed by atoms with Gasteiger partial charge in [0.15, 0.2) is 9.84 Å². The molecule has 1 aromatic carbocycles. The van der Waals surface area contributed by atoms with E-state index in [-0.39, 0.29) is 16.9 Å². The smallest absolute Gasteiger partial charge is 0.410 e. The summed E-state index contributed by atoms with van der Waals surface area (Å²) in [6, 6.07) is 6.89. The fraction of sp³-hybridized carbons (Fsp3) is 0.708. The van der Waals surface area contributed by atoms with Crippen LogP contribution in [0.3, 0.4) is 0 Å². The van der Waals surface area contributed by atoms with Crippen LogP contribution in [0.1, 0.15) is 58.3 Å². The maximum absolute atomic E-state index is 12.3. The lowest BCUT2D eigenvalue weighted by molar-refractivity contribution is 0.0473. The predicted molar refractivity (Wildman–Crippen MR) is 117 cm³/mol. The zero-order valence-corrected chi connectivity index (χ0v) is 19.1. The van der Waals surface area contributed by atoms with Gasteiger partial charge >= 0.3 is 6.09 Å². The molecule has 0 N–H and O–H groups in total. The van der Waals surface area contributed by atoms with Crippen LogP contribution in [-0.4, -0.2) is 50.0 Å². The summed E-state index contributed by atoms with van der Waals surface area (Å²) in [5, 5.41) is -0.176. The Morgan fingerprint density at radius 2 is 1.77 bits per heavy atom. The third-order valence-electron chi connectivity index (χ3n) is 7.54. The van der Waals surface area contributed by atoms with Gasteiger partial charge in [0.05, 0.1) is 16.8 Å². The summed E-state index contributed by atoms with van der Waals surface area (Å²) in [6.45, 7) is 4.31. The van der Waals surface area contributed by atoms with Gasteiger partial charge in [0.25, 0.3) is 0 Å². The lowest BCUT2D eigenvalue weighted by atomic mass is 9.91. The molecule has 1 heterocycles. The first kappa shape index (κ1) is 21.1. The molecule has 2 unspecified atom stereocenters. The average molecular weight is 448 g/mol. The Hall–Kier alpha value is -1.76. The Kier molecular flexibility index (Phi) is 5.43. The molecule has 4 fully saturated rings. The molecular weight excluding hydrogens is 414 g/mol. The summed E-state index contributed by atoms with van der Waals surface area (Å²) in [7, 11) is -3.13. The largest absolute Gasteiger partial charge is 0.494 e. The van der Waals surface area contributed by atoms with Crippen LogP contribution in [0, 0.1) is 17.8 Å². The Morgan fingerprint density at radius 1 is 1.10 bits per heavy atom. The van der Waals surface area contributed by atoms with Gasteiger partial charge in [-0.25, -0.2) is 13.2 Å². The number of likely N-dealkylation sites (tertiary alicyclic amines) is 1. The summed E-state index contributed by atoms with van der Waals surface area (Å²) in [5.74, 6) is 2.91. The number of ether oxygens (including phenoxy) is 2. The van der Waals surface area contributed by atoms with Crippen molar-refractivity contribution >= 4 is 15.9 Å². The molecular formula is C24H33NO5S. The van der Waals surface area contributed by atoms with E-state index in [2.05, 4.69) is 0 Å². The molecule has 1 saturated heterocycles. The van der Waals surface area contributed by atoms with Gasteiger partial charge in [0.1, 0.15) is 11.4 Å². The van der Waals surface area contributed by atoms with Crippen LogP contribution in [0.2, 0.25) is 0 Å². The first-order chi connectivity index (χ1) is 14.8. The molecule has 2 atom stereocenters. The monoisotopic (exact) mass is 447 g/mol. The van der Waals surface area contributed by atoms with Crippen LogP contribution in [0.25, 0.3) is 0 Å². The van der Waals surface area contributed by atoms with Crippen molar-refractivity contribution in [1.82, 2.24) is 4.90 Å². The van der Waals surface area contributed by atoms with Gasteiger partial charge in [-0.05, 0) is 100 Å². The van der Waals surface area contributed by atoms with Gasteiger partial charge < -0.3 is 14.4 Å². The van der Waals surface area contributed by atoms with Crippen LogP contribution < -0.4 is 4.74 Å². The number of rotatable bonds is 8. The second-order valence-electron chi connectivity index (χ2n) is 10.2. The molecule has 31 heavy (non-hydrogen) atoms. The van der Waals surface area contributed by atoms with E-state index in [0.29, 0.717) is 23.3 Å². The number of hydrogen-bond donors (Lipinski definition) is 0. The maximum Gasteiger partial charge on any atom is 0.410 e. The number of sulfone groups is 1. The second kappa shape index (κ2) is 7.98. The molecule has 0 radical (unpaired) electrons. The number of nitrogens with zero attached hydrogens (tertiary/aromatic N) is 1. The van der Waals surface area contributed by atoms with E-state index in [1.807, 2.05) is 11.8 Å². The molecule has 4 aliphatic rings. The molecule has 3 saturated carbocycles. The minimum atomic E-state index is -3.13. The van der Waals surface area contributed by atoms with Gasteiger partial charge in [0.2, 0.25) is 0 Å². The summed E-state index contributed by atoms with van der Waals surface area (Å²) < 4.78 is 36.0. The van der Waals surface area contributed by atoms with E-state index in [9.17, 15) is 13.2 Å². The van der Waals surface area contributed by atoms with E-state index in [4.69, 9.17) is 9.47 Å². The van der Waals surface area contributed by atoms with Crippen molar-refractivity contribution in [2.45, 2.75) is 74.0 Å². The van der Waals surface area contributed by atoms with Gasteiger partial charge in [-0.1, -0.05) is 0 Å². The van der Waals surface area contributed by atoms with Gasteiger partial charge in [0, 0.05) is 13.1 Å². The number of carbonyl (C=O) groups excluding carboxylic acids is 1. The van der Waals surface area contributed by atoms with E-state index in [1.165, 1.54) is 6.42 Å². The zero-order chi connectivity index (χ0) is 21.6. The van der Waals surface area contributed by atoms with Crippen LogP contribution >= 0.6 is 0 Å². The van der Waals surface area contributed by atoms with Crippen LogP contribution in [-0.2, 0) is 14.6 Å². The Bertz CT molecular complexity index is 912. The molecule has 3 aliphatic carbocycles. The third-order valence-corrected chi connectivity index (χ3v) is 9.82. The molecule has 6 nitrogen and oxygen atoms in total. The highest BCUT2D eigenvalue weighted by atomic mass is 32.2. The number of piperidine rings is 1. The summed E-state index contributed by atoms with van der Waals surface area (Å²) in [6.07, 6.45) is 7.86. The molecule has 7 heteroatoms. The summed E-state index contributed by atoms with van der Waals surface area (Å²) in [5.41, 5.74) is -0.193. The molecule has 0 aromatic heterocycles. The fourth-order valence-electron chi connectivity index (χ4n) is 4.87. The second-order valence-corrected chi connectivity index (χ2v) is 12.4. The van der Waals surface area contributed by atoms with Crippen LogP contribution in [0.4, 0.5) is 4.79 Å². The minimum Gasteiger partial charge on any atom is -0.494 e. The van der Waals surface area contributed by atoms with Crippen molar-refractivity contribution < 1.29 is 22.7 Å². The maximum atomic E-state index is 12.3. The van der Waals surface area contributed by atoms with Crippen molar-refractivity contribution in [3.05, 3.63) is 24.3 Å². The minimum absolute atomic E-state index is 0.129. The number of carbonyl (C=O) groups is 1. The van der Waals surface area contributed by atoms with Crippen molar-refractivity contribution in [2.24, 2.45) is 17.8 Å². The van der Waals surface area contributed by atoms with Gasteiger partial charge in [-0.15, -0.1) is 0 Å². The number of hydrogen-bond acceptors (Lipinski definition) is 5. The standard InChI is InChI=1S/C24H33NO5S/c1-24(11-12-24)30-23(26)25-13-8-17(9-14-25)22-16-18(22)10-15-29-19-2-4-20(5-3-19)31(27,28)21-6-7-21/h2-5,17-18,21-22H,6-16H2,1H3. The molecule has 1 amide bonds. The summed E-state index contributed by atoms with van der Waals surface area (Å²) >= 11 is 0. The fourth-order valence-corrected chi connectivity index (χ4v) is 6.53. The highest BCUT2D eigenvalue weighted by Gasteiger charge is 2.45. The SMILES string of the molecule is CC1(OC(=O)N2CCC(C3CC3CCOc3ccc(S(=O)(=O)C4CC4)cc3)CC2)CC1. The predicted octanol–water partition coefficient (Wildman–Crippen LogP) is 4.43. The Balaban J connectivity index is 1.01. The molecule has 0 spiro atoms. The van der Waals surface area contributed by atoms with Gasteiger partial charge in [-0.2, -0.15) is 0 Å². The lowest BCUT2D eigenvalue weighted by Gasteiger charge is -2.32. The first-order valence-electron chi connectivity index (χ1n) is 11.8. The molecule has 1 aliphatic heterocycles. The zero-order valence-electron chi connectivity index (χ0n) is 18.3. The van der Waals surface area contributed by atoms with E-state index >= 15 is 0 Å². The van der Waals surface area contributed by atoms with Crippen molar-refractivity contribution in [2.75, 3.05) is 19.7 Å². The lowest BCUT2D eigenvalue weighted by Crippen LogP contribution is -2.40. The Labute approximate surface area is 185 Å². The van der Waals surface area contributed by atoms with Crippen molar-refractivity contribution in [1.29, 1.82) is 0 Å². The van der Waals surface area contributed by atoms with Crippen molar-refractivity contribution in [3.8, 4) is 5.75 Å². The molecule has 5 rings (SSSR count). The molecule has 170 valence electrons.